The van der Waals surface area contributed by atoms with Crippen molar-refractivity contribution in [2.75, 3.05) is 13.2 Å². The van der Waals surface area contributed by atoms with E-state index < -0.39 is 0 Å². The summed E-state index contributed by atoms with van der Waals surface area (Å²) in [7, 11) is 0. The smallest absolute Gasteiger partial charge is 0.123 e. The van der Waals surface area contributed by atoms with Crippen LogP contribution in [-0.4, -0.2) is 18.3 Å². The molecule has 0 aromatic heterocycles. The number of halogens is 3. The third-order valence-electron chi connectivity index (χ3n) is 3.46. The molecule has 0 heterocycles. The van der Waals surface area contributed by atoms with Gasteiger partial charge in [0, 0.05) is 25.0 Å². The van der Waals surface area contributed by atoms with Crippen molar-refractivity contribution in [3.05, 3.63) is 71.3 Å². The van der Waals surface area contributed by atoms with Gasteiger partial charge in [-0.3, -0.25) is 0 Å². The number of aliphatic hydroxyl groups excluding tert-OH is 1. The second kappa shape index (κ2) is 7.50. The molecule has 2 nitrogen and oxygen atoms in total. The van der Waals surface area contributed by atoms with Crippen molar-refractivity contribution in [3.8, 4) is 0 Å². The minimum Gasteiger partial charge on any atom is -0.396 e. The van der Waals surface area contributed by atoms with Gasteiger partial charge in [-0.25, -0.2) is 13.6 Å². The van der Waals surface area contributed by atoms with Crippen LogP contribution >= 0.6 is 11.8 Å². The number of rotatable bonds is 6. The van der Waals surface area contributed by atoms with Crippen LogP contribution in [0.5, 0.6) is 0 Å². The third kappa shape index (κ3) is 4.00. The molecule has 0 radical (unpaired) electrons. The van der Waals surface area contributed by atoms with Gasteiger partial charge < -0.3 is 5.11 Å². The molecule has 0 spiro atoms. The maximum Gasteiger partial charge on any atom is 0.123 e. The lowest BCUT2D eigenvalue weighted by molar-refractivity contribution is 0.214. The second-order valence-corrected chi connectivity index (χ2v) is 5.14. The zero-order valence-corrected chi connectivity index (χ0v) is 12.0. The zero-order chi connectivity index (χ0) is 15.2. The highest BCUT2D eigenvalue weighted by molar-refractivity contribution is 6.13. The molecule has 5 heteroatoms. The van der Waals surface area contributed by atoms with Gasteiger partial charge in [0.05, 0.1) is 0 Å². The highest BCUT2D eigenvalue weighted by Crippen LogP contribution is 2.32. The van der Waals surface area contributed by atoms with E-state index in [2.05, 4.69) is 4.84 Å². The van der Waals surface area contributed by atoms with Crippen molar-refractivity contribution in [2.24, 2.45) is 5.92 Å². The summed E-state index contributed by atoms with van der Waals surface area (Å²) in [5.41, 5.74) is 1.35. The topological polar surface area (TPSA) is 32.3 Å². The fourth-order valence-corrected chi connectivity index (χ4v) is 2.72. The standard InChI is InChI=1S/C16H16ClF2NO/c17-20-9-13(10-21)16(11-3-1-5-14(18)7-11)12-4-2-6-15(19)8-12/h1-8,13,16,20-21H,9-10H2. The van der Waals surface area contributed by atoms with E-state index in [1.807, 2.05) is 0 Å². The van der Waals surface area contributed by atoms with Crippen LogP contribution in [0.25, 0.3) is 0 Å². The van der Waals surface area contributed by atoms with E-state index in [-0.39, 0.29) is 30.1 Å². The summed E-state index contributed by atoms with van der Waals surface area (Å²) in [5, 5.41) is 9.60. The van der Waals surface area contributed by atoms with Gasteiger partial charge in [-0.05, 0) is 47.2 Å². The van der Waals surface area contributed by atoms with Crippen LogP contribution in [0, 0.1) is 17.6 Å². The van der Waals surface area contributed by atoms with Crippen LogP contribution in [0.15, 0.2) is 48.5 Å². The van der Waals surface area contributed by atoms with Gasteiger partial charge in [0.1, 0.15) is 11.6 Å². The van der Waals surface area contributed by atoms with Crippen LogP contribution in [0.1, 0.15) is 17.0 Å². The predicted octanol–water partition coefficient (Wildman–Crippen LogP) is 3.45. The first-order valence-electron chi connectivity index (χ1n) is 6.61. The Morgan fingerprint density at radius 1 is 1.00 bits per heavy atom. The van der Waals surface area contributed by atoms with E-state index in [0.29, 0.717) is 17.7 Å². The Bertz CT molecular complexity index is 548. The molecule has 0 aliphatic carbocycles. The van der Waals surface area contributed by atoms with Gasteiger partial charge >= 0.3 is 0 Å². The molecule has 0 aliphatic rings. The normalized spacial score (nSPS) is 12.6. The molecule has 0 amide bonds. The largest absolute Gasteiger partial charge is 0.396 e. The molecule has 0 fully saturated rings. The van der Waals surface area contributed by atoms with Crippen molar-refractivity contribution < 1.29 is 13.9 Å². The SMILES string of the molecule is OCC(CNCl)C(c1cccc(F)c1)c1cccc(F)c1. The molecule has 21 heavy (non-hydrogen) atoms. The molecule has 1 atom stereocenters. The monoisotopic (exact) mass is 311 g/mol. The highest BCUT2D eigenvalue weighted by atomic mass is 35.5. The summed E-state index contributed by atoms with van der Waals surface area (Å²) in [6.45, 7) is 0.160. The van der Waals surface area contributed by atoms with Crippen molar-refractivity contribution in [2.45, 2.75) is 5.92 Å². The molecule has 2 aromatic rings. The zero-order valence-electron chi connectivity index (χ0n) is 11.3. The Morgan fingerprint density at radius 3 is 1.90 bits per heavy atom. The minimum atomic E-state index is -0.371. The van der Waals surface area contributed by atoms with Gasteiger partial charge in [0.25, 0.3) is 0 Å². The first-order chi connectivity index (χ1) is 10.2. The highest BCUT2D eigenvalue weighted by Gasteiger charge is 2.25. The summed E-state index contributed by atoms with van der Waals surface area (Å²) in [4.78, 5) is 2.49. The third-order valence-corrected chi connectivity index (χ3v) is 3.62. The van der Waals surface area contributed by atoms with Crippen molar-refractivity contribution >= 4 is 11.8 Å². The summed E-state index contributed by atoms with van der Waals surface area (Å²) >= 11 is 5.55. The quantitative estimate of drug-likeness (QED) is 0.801. The van der Waals surface area contributed by atoms with Crippen LogP contribution in [0.2, 0.25) is 0 Å². The van der Waals surface area contributed by atoms with Crippen molar-refractivity contribution in [1.29, 1.82) is 0 Å². The number of nitrogens with one attached hydrogen (secondary N) is 1. The average molecular weight is 312 g/mol. The van der Waals surface area contributed by atoms with Crippen LogP contribution < -0.4 is 4.84 Å². The Labute approximate surface area is 127 Å². The van der Waals surface area contributed by atoms with Gasteiger partial charge in [-0.15, -0.1) is 0 Å². The number of aliphatic hydroxyl groups is 1. The number of benzene rings is 2. The molecule has 1 unspecified atom stereocenters. The molecule has 2 N–H and O–H groups in total. The Balaban J connectivity index is 2.48. The van der Waals surface area contributed by atoms with Gasteiger partial charge in [-0.2, -0.15) is 0 Å². The summed E-state index contributed by atoms with van der Waals surface area (Å²) in [5.74, 6) is -1.40. The van der Waals surface area contributed by atoms with E-state index in [1.54, 1.807) is 24.3 Å². The molecule has 2 aromatic carbocycles. The Kier molecular flexibility index (Phi) is 5.67. The predicted molar refractivity (Wildman–Crippen MR) is 79.1 cm³/mol. The van der Waals surface area contributed by atoms with E-state index in [0.717, 1.165) is 0 Å². The molecular weight excluding hydrogens is 296 g/mol. The van der Waals surface area contributed by atoms with Crippen molar-refractivity contribution in [1.82, 2.24) is 4.84 Å². The maximum absolute atomic E-state index is 13.5. The lowest BCUT2D eigenvalue weighted by Gasteiger charge is -2.26. The van der Waals surface area contributed by atoms with Crippen molar-refractivity contribution in [3.63, 3.8) is 0 Å². The molecule has 0 aliphatic heterocycles. The van der Waals surface area contributed by atoms with Crippen LogP contribution in [0.3, 0.4) is 0 Å². The first-order valence-corrected chi connectivity index (χ1v) is 6.98. The Morgan fingerprint density at radius 2 is 1.52 bits per heavy atom. The summed E-state index contributed by atoms with van der Waals surface area (Å²) < 4.78 is 27.0. The molecule has 0 bridgehead atoms. The summed E-state index contributed by atoms with van der Waals surface area (Å²) in [6, 6.07) is 12.2. The van der Waals surface area contributed by atoms with Crippen LogP contribution in [0.4, 0.5) is 8.78 Å². The van der Waals surface area contributed by atoms with E-state index >= 15 is 0 Å². The molecule has 0 saturated carbocycles. The van der Waals surface area contributed by atoms with Gasteiger partial charge in [-0.1, -0.05) is 24.3 Å². The Hall–Kier alpha value is -1.49. The minimum absolute atomic E-state index is 0.155. The van der Waals surface area contributed by atoms with Crippen LogP contribution in [-0.2, 0) is 0 Å². The fraction of sp³-hybridized carbons (Fsp3) is 0.250. The second-order valence-electron chi connectivity index (χ2n) is 4.87. The van der Waals surface area contributed by atoms with Gasteiger partial charge in [0.15, 0.2) is 0 Å². The van der Waals surface area contributed by atoms with E-state index in [9.17, 15) is 13.9 Å². The lowest BCUT2D eigenvalue weighted by atomic mass is 9.81. The number of hydrogen-bond acceptors (Lipinski definition) is 2. The fourth-order valence-electron chi connectivity index (χ4n) is 2.52. The molecule has 2 rings (SSSR count). The molecule has 0 saturated heterocycles. The van der Waals surface area contributed by atoms with E-state index in [1.165, 1.54) is 24.3 Å². The maximum atomic E-state index is 13.5. The molecular formula is C16H16ClF2NO. The number of hydrogen-bond donors (Lipinski definition) is 2. The molecule has 112 valence electrons. The average Bonchev–Trinajstić information content (AvgIpc) is 2.47. The lowest BCUT2D eigenvalue weighted by Crippen LogP contribution is -2.26. The summed E-state index contributed by atoms with van der Waals surface area (Å²) in [6.07, 6.45) is 0. The first kappa shape index (κ1) is 15.9. The van der Waals surface area contributed by atoms with Gasteiger partial charge in [0.2, 0.25) is 0 Å². The van der Waals surface area contributed by atoms with E-state index in [4.69, 9.17) is 11.8 Å².